The molecule has 3 aliphatic rings. The normalized spacial score (nSPS) is 43.0. The van der Waals surface area contributed by atoms with E-state index in [1.807, 2.05) is 0 Å². The summed E-state index contributed by atoms with van der Waals surface area (Å²) in [7, 11) is 0. The first-order valence-corrected chi connectivity index (χ1v) is 6.62. The fourth-order valence-electron chi connectivity index (χ4n) is 3.73. The van der Waals surface area contributed by atoms with Gasteiger partial charge in [0.25, 0.3) is 0 Å². The van der Waals surface area contributed by atoms with Gasteiger partial charge in [0.2, 0.25) is 0 Å². The maximum Gasteiger partial charge on any atom is 0.169 e. The molecule has 1 unspecified atom stereocenters. The summed E-state index contributed by atoms with van der Waals surface area (Å²) < 4.78 is 12.1. The molecule has 0 aromatic heterocycles. The number of carbonyl (C=O) groups is 1. The topological polar surface area (TPSA) is 35.5 Å². The van der Waals surface area contributed by atoms with Crippen molar-refractivity contribution in [3.8, 4) is 0 Å². The summed E-state index contributed by atoms with van der Waals surface area (Å²) in [5, 5.41) is 0. The number of ether oxygens (including phenoxy) is 2. The number of fused-ring (bicyclic) bond motifs is 1. The van der Waals surface area contributed by atoms with Gasteiger partial charge < -0.3 is 9.47 Å². The summed E-state index contributed by atoms with van der Waals surface area (Å²) in [5.41, 5.74) is 0.248. The van der Waals surface area contributed by atoms with E-state index in [0.29, 0.717) is 11.7 Å². The van der Waals surface area contributed by atoms with E-state index in [-0.39, 0.29) is 16.6 Å². The molecule has 0 radical (unpaired) electrons. The monoisotopic (exact) mass is 238 g/mol. The molecule has 17 heavy (non-hydrogen) atoms. The first-order chi connectivity index (χ1) is 7.83. The molecule has 2 saturated carbocycles. The van der Waals surface area contributed by atoms with Crippen LogP contribution in [0, 0.1) is 16.7 Å². The van der Waals surface area contributed by atoms with Gasteiger partial charge in [-0.1, -0.05) is 20.8 Å². The molecule has 3 rings (SSSR count). The van der Waals surface area contributed by atoms with Crippen LogP contribution in [0.25, 0.3) is 0 Å². The molecule has 0 aromatic carbocycles. The van der Waals surface area contributed by atoms with Gasteiger partial charge in [-0.15, -0.1) is 0 Å². The van der Waals surface area contributed by atoms with E-state index < -0.39 is 0 Å². The van der Waals surface area contributed by atoms with Crippen LogP contribution < -0.4 is 0 Å². The Labute approximate surface area is 103 Å². The lowest BCUT2D eigenvalue weighted by Gasteiger charge is -2.42. The minimum atomic E-state index is -0.379. The van der Waals surface area contributed by atoms with E-state index in [1.165, 1.54) is 0 Å². The second-order valence-corrected chi connectivity index (χ2v) is 7.30. The van der Waals surface area contributed by atoms with E-state index in [1.54, 1.807) is 0 Å². The van der Waals surface area contributed by atoms with Crippen LogP contribution in [0.15, 0.2) is 0 Å². The van der Waals surface area contributed by atoms with Crippen molar-refractivity contribution in [3.63, 3.8) is 0 Å². The predicted molar refractivity (Wildman–Crippen MR) is 63.5 cm³/mol. The maximum atomic E-state index is 11.6. The van der Waals surface area contributed by atoms with Gasteiger partial charge in [-0.05, 0) is 11.3 Å². The summed E-state index contributed by atoms with van der Waals surface area (Å²) in [5.74, 6) is 0.509. The van der Waals surface area contributed by atoms with Gasteiger partial charge in [-0.3, -0.25) is 4.79 Å². The fraction of sp³-hybridized carbons (Fsp3) is 0.929. The predicted octanol–water partition coefficient (Wildman–Crippen LogP) is 2.53. The molecule has 0 amide bonds. The lowest BCUT2D eigenvalue weighted by atomic mass is 9.83. The third kappa shape index (κ3) is 1.84. The molecule has 3 fully saturated rings. The van der Waals surface area contributed by atoms with Crippen molar-refractivity contribution < 1.29 is 14.3 Å². The van der Waals surface area contributed by atoms with E-state index in [0.717, 1.165) is 38.9 Å². The van der Waals surface area contributed by atoms with Crippen molar-refractivity contribution in [2.45, 2.75) is 52.2 Å². The van der Waals surface area contributed by atoms with Crippen LogP contribution in [0.1, 0.15) is 46.5 Å². The molecule has 1 saturated heterocycles. The zero-order valence-electron chi connectivity index (χ0n) is 11.0. The van der Waals surface area contributed by atoms with Gasteiger partial charge in [-0.2, -0.15) is 0 Å². The highest BCUT2D eigenvalue weighted by molar-refractivity contribution is 5.82. The average molecular weight is 238 g/mol. The SMILES string of the molecule is CC1(C)COC2(CC3CC(=O)C[C@]3(C)C2)OC1. The third-order valence-electron chi connectivity index (χ3n) is 4.74. The molecule has 1 heterocycles. The number of hydrogen-bond donors (Lipinski definition) is 0. The number of hydrogen-bond acceptors (Lipinski definition) is 3. The second-order valence-electron chi connectivity index (χ2n) is 7.30. The highest BCUT2D eigenvalue weighted by Crippen LogP contribution is 2.58. The van der Waals surface area contributed by atoms with Crippen molar-refractivity contribution in [2.75, 3.05) is 13.2 Å². The zero-order chi connectivity index (χ0) is 12.3. The summed E-state index contributed by atoms with van der Waals surface area (Å²) in [6.07, 6.45) is 3.25. The number of carbonyl (C=O) groups excluding carboxylic acids is 1. The van der Waals surface area contributed by atoms with E-state index in [2.05, 4.69) is 20.8 Å². The van der Waals surface area contributed by atoms with Crippen LogP contribution in [-0.4, -0.2) is 24.8 Å². The highest BCUT2D eigenvalue weighted by atomic mass is 16.7. The lowest BCUT2D eigenvalue weighted by molar-refractivity contribution is -0.298. The molecule has 3 nitrogen and oxygen atoms in total. The minimum Gasteiger partial charge on any atom is -0.349 e. The summed E-state index contributed by atoms with van der Waals surface area (Å²) in [6.45, 7) is 8.10. The molecule has 0 N–H and O–H groups in total. The number of ketones is 1. The van der Waals surface area contributed by atoms with Gasteiger partial charge in [0.1, 0.15) is 5.78 Å². The fourth-order valence-corrected chi connectivity index (χ4v) is 3.73. The molecule has 96 valence electrons. The Hall–Kier alpha value is -0.410. The smallest absolute Gasteiger partial charge is 0.169 e. The largest absolute Gasteiger partial charge is 0.349 e. The first kappa shape index (κ1) is 11.7. The molecular formula is C14H22O3. The molecular weight excluding hydrogens is 216 g/mol. The van der Waals surface area contributed by atoms with Crippen LogP contribution in [0.2, 0.25) is 0 Å². The van der Waals surface area contributed by atoms with E-state index in [4.69, 9.17) is 9.47 Å². The van der Waals surface area contributed by atoms with Gasteiger partial charge in [0, 0.05) is 31.1 Å². The quantitative estimate of drug-likeness (QED) is 0.650. The van der Waals surface area contributed by atoms with Crippen molar-refractivity contribution in [1.82, 2.24) is 0 Å². The van der Waals surface area contributed by atoms with Crippen molar-refractivity contribution >= 4 is 5.78 Å². The average Bonchev–Trinajstić information content (AvgIpc) is 2.59. The molecule has 1 spiro atoms. The van der Waals surface area contributed by atoms with Gasteiger partial charge in [-0.25, -0.2) is 0 Å². The van der Waals surface area contributed by atoms with E-state index >= 15 is 0 Å². The molecule has 3 heteroatoms. The molecule has 2 aliphatic carbocycles. The van der Waals surface area contributed by atoms with Gasteiger partial charge in [0.15, 0.2) is 5.79 Å². The molecule has 0 bridgehead atoms. The molecule has 2 atom stereocenters. The number of rotatable bonds is 0. The summed E-state index contributed by atoms with van der Waals surface area (Å²) in [4.78, 5) is 11.6. The van der Waals surface area contributed by atoms with Crippen LogP contribution in [0.3, 0.4) is 0 Å². The van der Waals surface area contributed by atoms with Crippen LogP contribution in [0.5, 0.6) is 0 Å². The standard InChI is InChI=1S/C14H22O3/c1-12(2)8-16-14(17-9-12)5-10-4-11(15)6-13(10,3)7-14/h10H,4-9H2,1-3H3/t10?,13-/m1/s1. The third-order valence-corrected chi connectivity index (χ3v) is 4.74. The molecule has 0 aromatic rings. The van der Waals surface area contributed by atoms with Crippen LogP contribution in [-0.2, 0) is 14.3 Å². The Morgan fingerprint density at radius 3 is 2.41 bits per heavy atom. The van der Waals surface area contributed by atoms with Crippen LogP contribution >= 0.6 is 0 Å². The van der Waals surface area contributed by atoms with Gasteiger partial charge in [0.05, 0.1) is 13.2 Å². The van der Waals surface area contributed by atoms with Crippen molar-refractivity contribution in [1.29, 1.82) is 0 Å². The Bertz CT molecular complexity index is 350. The second kappa shape index (κ2) is 3.33. The Morgan fingerprint density at radius 1 is 1.18 bits per heavy atom. The number of Topliss-reactive ketones (excluding diaryl/α,β-unsaturated/α-hetero) is 1. The summed E-state index contributed by atoms with van der Waals surface area (Å²) in [6, 6.07) is 0. The van der Waals surface area contributed by atoms with E-state index in [9.17, 15) is 4.79 Å². The molecule has 1 aliphatic heterocycles. The first-order valence-electron chi connectivity index (χ1n) is 6.62. The zero-order valence-corrected chi connectivity index (χ0v) is 11.0. The van der Waals surface area contributed by atoms with Gasteiger partial charge >= 0.3 is 0 Å². The van der Waals surface area contributed by atoms with Crippen LogP contribution in [0.4, 0.5) is 0 Å². The Morgan fingerprint density at radius 2 is 1.82 bits per heavy atom. The minimum absolute atomic E-state index is 0.124. The lowest BCUT2D eigenvalue weighted by Crippen LogP contribution is -2.46. The Kier molecular flexibility index (Phi) is 2.28. The maximum absolute atomic E-state index is 11.6. The Balaban J connectivity index is 1.75. The van der Waals surface area contributed by atoms with Crippen molar-refractivity contribution in [3.05, 3.63) is 0 Å². The highest BCUT2D eigenvalue weighted by Gasteiger charge is 2.59. The van der Waals surface area contributed by atoms with Crippen molar-refractivity contribution in [2.24, 2.45) is 16.7 Å². The summed E-state index contributed by atoms with van der Waals surface area (Å²) >= 11 is 0.